The van der Waals surface area contributed by atoms with E-state index in [0.29, 0.717) is 49.1 Å². The molecule has 0 unspecified atom stereocenters. The van der Waals surface area contributed by atoms with Crippen molar-refractivity contribution in [1.29, 1.82) is 0 Å². The van der Waals surface area contributed by atoms with Crippen molar-refractivity contribution in [2.24, 2.45) is 0 Å². The highest BCUT2D eigenvalue weighted by Crippen LogP contribution is 2.29. The smallest absolute Gasteiger partial charge is 0.343 e. The van der Waals surface area contributed by atoms with Crippen molar-refractivity contribution in [3.8, 4) is 23.0 Å². The molecule has 0 aliphatic rings. The average molecular weight is 1000 g/mol. The summed E-state index contributed by atoms with van der Waals surface area (Å²) in [6.45, 7) is 12.6. The molecule has 10 nitrogen and oxygen atoms in total. The maximum atomic E-state index is 15.0. The van der Waals surface area contributed by atoms with E-state index in [4.69, 9.17) is 28.4 Å². The van der Waals surface area contributed by atoms with E-state index in [-0.39, 0.29) is 28.8 Å². The van der Waals surface area contributed by atoms with E-state index in [1.807, 2.05) is 0 Å². The van der Waals surface area contributed by atoms with Crippen LogP contribution in [0.15, 0.2) is 85.0 Å². The maximum absolute atomic E-state index is 15.0. The highest BCUT2D eigenvalue weighted by atomic mass is 19.1. The Balaban J connectivity index is 1.18. The average Bonchev–Trinajstić information content (AvgIpc) is 3.36. The first-order valence-corrected chi connectivity index (χ1v) is 27.0. The fourth-order valence-electron chi connectivity index (χ4n) is 7.99. The fourth-order valence-corrected chi connectivity index (χ4v) is 7.99. The van der Waals surface area contributed by atoms with Gasteiger partial charge in [-0.3, -0.25) is 0 Å². The number of esters is 4. The number of ether oxygens (including phenoxy) is 6. The number of carbonyl (C=O) groups is 4. The lowest BCUT2D eigenvalue weighted by atomic mass is 10.0. The lowest BCUT2D eigenvalue weighted by Gasteiger charge is -2.11. The molecule has 0 N–H and O–H groups in total. The van der Waals surface area contributed by atoms with Gasteiger partial charge in [0.2, 0.25) is 5.75 Å². The van der Waals surface area contributed by atoms with Crippen LogP contribution in [-0.4, -0.2) is 50.3 Å². The summed E-state index contributed by atoms with van der Waals surface area (Å²) < 4.78 is 62.2. The van der Waals surface area contributed by atoms with Gasteiger partial charge < -0.3 is 28.4 Å². The van der Waals surface area contributed by atoms with Gasteiger partial charge in [0.1, 0.15) is 17.2 Å². The van der Waals surface area contributed by atoms with E-state index in [2.05, 4.69) is 13.2 Å². The van der Waals surface area contributed by atoms with Crippen molar-refractivity contribution < 1.29 is 56.4 Å². The molecule has 0 aliphatic heterocycles. The first-order chi connectivity index (χ1) is 34.9. The maximum Gasteiger partial charge on any atom is 0.343 e. The van der Waals surface area contributed by atoms with Gasteiger partial charge in [-0.25, -0.2) is 28.0 Å². The zero-order valence-corrected chi connectivity index (χ0v) is 43.7. The summed E-state index contributed by atoms with van der Waals surface area (Å²) in [5.74, 6) is -4.84. The number of rotatable bonds is 42. The summed E-state index contributed by atoms with van der Waals surface area (Å²) in [5, 5.41) is 0. The minimum atomic E-state index is -1.20. The molecule has 72 heavy (non-hydrogen) atoms. The molecule has 12 heteroatoms. The minimum absolute atomic E-state index is 0.0890. The summed E-state index contributed by atoms with van der Waals surface area (Å²) in [4.78, 5) is 48.3. The Hall–Kier alpha value is -5.52. The SMILES string of the molecule is C=C(C)C(=O)OCCCCCCCCCCCCCCCCOc1ccc(C(=O)Oc2cc(F)c(OC(=O)c3ccc(OCCCCCCCCCCCCCCCCOC(=O)C(=C)C)cc3)c(F)c2)cc1. The number of benzene rings is 3. The molecule has 0 saturated carbocycles. The van der Waals surface area contributed by atoms with Gasteiger partial charge in [-0.2, -0.15) is 0 Å². The van der Waals surface area contributed by atoms with Crippen molar-refractivity contribution in [2.45, 2.75) is 194 Å². The van der Waals surface area contributed by atoms with Gasteiger partial charge in [-0.15, -0.1) is 0 Å². The van der Waals surface area contributed by atoms with Gasteiger partial charge in [0, 0.05) is 23.3 Å². The second kappa shape index (κ2) is 38.1. The van der Waals surface area contributed by atoms with E-state index in [9.17, 15) is 28.0 Å². The monoisotopic (exact) mass is 1000 g/mol. The Morgan fingerprint density at radius 2 is 0.639 bits per heavy atom. The first kappa shape index (κ1) is 60.8. The van der Waals surface area contributed by atoms with Crippen LogP contribution in [0, 0.1) is 11.6 Å². The molecule has 3 rings (SSSR count). The molecule has 3 aromatic carbocycles. The van der Waals surface area contributed by atoms with Crippen LogP contribution in [0.25, 0.3) is 0 Å². The minimum Gasteiger partial charge on any atom is -0.494 e. The third-order valence-electron chi connectivity index (χ3n) is 12.3. The molecule has 0 atom stereocenters. The number of carbonyl (C=O) groups excluding carboxylic acids is 4. The molecule has 0 amide bonds. The Labute approximate surface area is 429 Å². The number of unbranched alkanes of at least 4 members (excludes halogenated alkanes) is 26. The van der Waals surface area contributed by atoms with Crippen LogP contribution in [0.2, 0.25) is 0 Å². The molecular weight excluding hydrogens is 919 g/mol. The van der Waals surface area contributed by atoms with Gasteiger partial charge in [0.15, 0.2) is 11.6 Å². The molecule has 0 fully saturated rings. The summed E-state index contributed by atoms with van der Waals surface area (Å²) >= 11 is 0. The summed E-state index contributed by atoms with van der Waals surface area (Å²) in [7, 11) is 0. The second-order valence-corrected chi connectivity index (χ2v) is 19.0. The Morgan fingerprint density at radius 3 is 0.931 bits per heavy atom. The van der Waals surface area contributed by atoms with Crippen LogP contribution in [0.1, 0.15) is 214 Å². The quantitative estimate of drug-likeness (QED) is 0.0234. The van der Waals surface area contributed by atoms with Crippen molar-refractivity contribution >= 4 is 23.9 Å². The second-order valence-electron chi connectivity index (χ2n) is 19.0. The molecule has 0 spiro atoms. The van der Waals surface area contributed by atoms with Crippen LogP contribution in [-0.2, 0) is 19.1 Å². The summed E-state index contributed by atoms with van der Waals surface area (Å²) in [6.07, 6.45) is 32.8. The van der Waals surface area contributed by atoms with Crippen LogP contribution in [0.5, 0.6) is 23.0 Å². The lowest BCUT2D eigenvalue weighted by Crippen LogP contribution is -2.12. The standard InChI is InChI=1S/C60H84F2O10/c1-47(2)57(63)69-43-31-27-23-19-15-11-7-5-9-13-17-21-25-29-41-67-51-37-33-49(34-38-51)59(65)71-53-45-54(61)56(55(62)46-53)72-60(66)50-35-39-52(40-36-50)68-42-30-26-22-18-14-10-6-8-12-16-20-24-28-32-44-70-58(64)48(3)4/h33-40,45-46H,1,3,5-32,41-44H2,2,4H3. The predicted octanol–water partition coefficient (Wildman–Crippen LogP) is 16.3. The van der Waals surface area contributed by atoms with Crippen molar-refractivity contribution in [2.75, 3.05) is 26.4 Å². The van der Waals surface area contributed by atoms with Gasteiger partial charge in [-0.1, -0.05) is 167 Å². The van der Waals surface area contributed by atoms with Crippen LogP contribution in [0.3, 0.4) is 0 Å². The van der Waals surface area contributed by atoms with Crippen molar-refractivity contribution in [3.63, 3.8) is 0 Å². The van der Waals surface area contributed by atoms with Gasteiger partial charge in [-0.05, 0) is 88.1 Å². The number of hydrogen-bond donors (Lipinski definition) is 0. The Kier molecular flexibility index (Phi) is 32.2. The molecule has 0 heterocycles. The summed E-state index contributed by atoms with van der Waals surface area (Å²) in [5.41, 5.74) is 1.16. The molecule has 0 aromatic heterocycles. The lowest BCUT2D eigenvalue weighted by molar-refractivity contribution is -0.139. The van der Waals surface area contributed by atoms with Crippen molar-refractivity contribution in [1.82, 2.24) is 0 Å². The van der Waals surface area contributed by atoms with Crippen molar-refractivity contribution in [3.05, 3.63) is 108 Å². The molecule has 3 aromatic rings. The molecule has 398 valence electrons. The Morgan fingerprint density at radius 1 is 0.375 bits per heavy atom. The van der Waals surface area contributed by atoms with Crippen LogP contribution < -0.4 is 18.9 Å². The zero-order valence-electron chi connectivity index (χ0n) is 43.7. The predicted molar refractivity (Wildman–Crippen MR) is 281 cm³/mol. The molecule has 0 saturated heterocycles. The van der Waals surface area contributed by atoms with Crippen LogP contribution >= 0.6 is 0 Å². The normalized spacial score (nSPS) is 10.9. The Bertz CT molecular complexity index is 2010. The summed E-state index contributed by atoms with van der Waals surface area (Å²) in [6, 6.07) is 14.1. The highest BCUT2D eigenvalue weighted by Gasteiger charge is 2.20. The largest absolute Gasteiger partial charge is 0.494 e. The molecular formula is C60H84F2O10. The van der Waals surface area contributed by atoms with Crippen LogP contribution in [0.4, 0.5) is 8.78 Å². The van der Waals surface area contributed by atoms with E-state index in [0.717, 1.165) is 76.3 Å². The topological polar surface area (TPSA) is 124 Å². The molecule has 0 aliphatic carbocycles. The number of halogens is 2. The third-order valence-corrected chi connectivity index (χ3v) is 12.3. The zero-order chi connectivity index (χ0) is 52.0. The third kappa shape index (κ3) is 27.9. The molecule has 0 bridgehead atoms. The van der Waals surface area contributed by atoms with E-state index in [1.54, 1.807) is 38.1 Å². The fraction of sp³-hybridized carbons (Fsp3) is 0.567. The first-order valence-electron chi connectivity index (χ1n) is 27.0. The van der Waals surface area contributed by atoms with E-state index in [1.165, 1.54) is 140 Å². The van der Waals surface area contributed by atoms with Gasteiger partial charge >= 0.3 is 23.9 Å². The highest BCUT2D eigenvalue weighted by molar-refractivity contribution is 5.92. The van der Waals surface area contributed by atoms with Gasteiger partial charge in [0.25, 0.3) is 0 Å². The van der Waals surface area contributed by atoms with Gasteiger partial charge in [0.05, 0.1) is 37.6 Å². The number of hydrogen-bond acceptors (Lipinski definition) is 10. The van der Waals surface area contributed by atoms with E-state index < -0.39 is 29.3 Å². The molecule has 0 radical (unpaired) electrons. The van der Waals surface area contributed by atoms with E-state index >= 15 is 0 Å².